The zero-order chi connectivity index (χ0) is 24.6. The number of pyridine rings is 1. The van der Waals surface area contributed by atoms with E-state index in [-0.39, 0.29) is 30.3 Å². The number of hydrogen-bond acceptors (Lipinski definition) is 4. The highest BCUT2D eigenvalue weighted by Gasteiger charge is 2.39. The number of alkyl carbamates (subject to hydrolysis) is 1. The molecule has 1 saturated carbocycles. The van der Waals surface area contributed by atoms with E-state index in [9.17, 15) is 14.0 Å². The number of hydrogen-bond donors (Lipinski definition) is 1. The standard InChI is InChI=1S/C25H30ClFN4O3/c1-15-6-5-7-19(27)22(15)30-14-16-13-28-21(26)12-20(16)31(24(30)33)18-10-8-17(9-11-18)29-23(32)34-25(2,3)4/h5-7,12-13,17-18H,8-11,14H2,1-4H3,(H,29,32)/t17-,18+. The predicted molar refractivity (Wildman–Crippen MR) is 130 cm³/mol. The lowest BCUT2D eigenvalue weighted by Crippen LogP contribution is -2.54. The molecule has 7 nitrogen and oxygen atoms in total. The number of urea groups is 1. The second kappa shape index (κ2) is 9.41. The van der Waals surface area contributed by atoms with Gasteiger partial charge in [0, 0.05) is 23.8 Å². The highest BCUT2D eigenvalue weighted by molar-refractivity contribution is 6.29. The summed E-state index contributed by atoms with van der Waals surface area (Å²) in [7, 11) is 0. The summed E-state index contributed by atoms with van der Waals surface area (Å²) in [5.41, 5.74) is 1.91. The third-order valence-electron chi connectivity index (χ3n) is 6.19. The van der Waals surface area contributed by atoms with Gasteiger partial charge in [-0.3, -0.25) is 9.80 Å². The molecular weight excluding hydrogens is 459 g/mol. The number of amides is 3. The molecule has 1 aliphatic heterocycles. The van der Waals surface area contributed by atoms with Gasteiger partial charge in [0.1, 0.15) is 16.6 Å². The molecule has 182 valence electrons. The third-order valence-corrected chi connectivity index (χ3v) is 6.40. The lowest BCUT2D eigenvalue weighted by Gasteiger charge is -2.43. The maximum atomic E-state index is 14.8. The van der Waals surface area contributed by atoms with E-state index in [1.54, 1.807) is 36.2 Å². The van der Waals surface area contributed by atoms with Gasteiger partial charge in [0.25, 0.3) is 0 Å². The molecule has 0 bridgehead atoms. The molecule has 2 aliphatic rings. The molecule has 0 atom stereocenters. The van der Waals surface area contributed by atoms with Gasteiger partial charge >= 0.3 is 12.1 Å². The fourth-order valence-electron chi connectivity index (χ4n) is 4.71. The van der Waals surface area contributed by atoms with Gasteiger partial charge in [-0.25, -0.2) is 19.0 Å². The van der Waals surface area contributed by atoms with Crippen LogP contribution in [0.15, 0.2) is 30.5 Å². The van der Waals surface area contributed by atoms with Crippen molar-refractivity contribution in [2.75, 3.05) is 9.80 Å². The molecule has 0 unspecified atom stereocenters. The number of aromatic nitrogens is 1. The van der Waals surface area contributed by atoms with Crippen LogP contribution in [0.4, 0.5) is 25.4 Å². The quantitative estimate of drug-likeness (QED) is 0.540. The maximum Gasteiger partial charge on any atom is 0.407 e. The molecule has 1 aromatic carbocycles. The Morgan fingerprint density at radius 2 is 1.94 bits per heavy atom. The van der Waals surface area contributed by atoms with E-state index in [1.165, 1.54) is 11.0 Å². The van der Waals surface area contributed by atoms with Crippen LogP contribution in [0.2, 0.25) is 5.15 Å². The monoisotopic (exact) mass is 488 g/mol. The highest BCUT2D eigenvalue weighted by Crippen LogP contribution is 2.39. The van der Waals surface area contributed by atoms with Crippen LogP contribution in [-0.4, -0.2) is 34.8 Å². The molecule has 2 aromatic rings. The number of anilines is 2. The van der Waals surface area contributed by atoms with E-state index in [4.69, 9.17) is 16.3 Å². The largest absolute Gasteiger partial charge is 0.444 e. The highest BCUT2D eigenvalue weighted by atomic mass is 35.5. The number of ether oxygens (including phenoxy) is 1. The van der Waals surface area contributed by atoms with Gasteiger partial charge in [0.2, 0.25) is 0 Å². The molecule has 1 aliphatic carbocycles. The first kappa shape index (κ1) is 24.3. The number of aryl methyl sites for hydroxylation is 1. The number of carbonyl (C=O) groups is 2. The molecular formula is C25H30ClFN4O3. The maximum absolute atomic E-state index is 14.8. The molecule has 1 aromatic heterocycles. The second-order valence-corrected chi connectivity index (χ2v) is 10.3. The number of benzene rings is 1. The average molecular weight is 489 g/mol. The van der Waals surface area contributed by atoms with Crippen molar-refractivity contribution in [2.45, 2.75) is 77.6 Å². The van der Waals surface area contributed by atoms with Crippen molar-refractivity contribution < 1.29 is 18.7 Å². The zero-order valence-electron chi connectivity index (χ0n) is 19.9. The number of nitrogens with zero attached hydrogens (tertiary/aromatic N) is 3. The summed E-state index contributed by atoms with van der Waals surface area (Å²) in [5.74, 6) is -0.441. The average Bonchev–Trinajstić information content (AvgIpc) is 2.74. The summed E-state index contributed by atoms with van der Waals surface area (Å²) in [6, 6.07) is 6.06. The fraction of sp³-hybridized carbons (Fsp3) is 0.480. The van der Waals surface area contributed by atoms with E-state index in [0.717, 1.165) is 5.56 Å². The lowest BCUT2D eigenvalue weighted by molar-refractivity contribution is 0.0491. The Hall–Kier alpha value is -2.87. The summed E-state index contributed by atoms with van der Waals surface area (Å²) in [6.45, 7) is 7.48. The summed E-state index contributed by atoms with van der Waals surface area (Å²) >= 11 is 6.18. The van der Waals surface area contributed by atoms with E-state index >= 15 is 0 Å². The van der Waals surface area contributed by atoms with E-state index < -0.39 is 17.5 Å². The van der Waals surface area contributed by atoms with Crippen molar-refractivity contribution in [3.05, 3.63) is 52.6 Å². The zero-order valence-corrected chi connectivity index (χ0v) is 20.7. The van der Waals surface area contributed by atoms with Gasteiger partial charge in [-0.15, -0.1) is 0 Å². The molecule has 4 rings (SSSR count). The van der Waals surface area contributed by atoms with Crippen LogP contribution in [-0.2, 0) is 11.3 Å². The number of para-hydroxylation sites is 1. The van der Waals surface area contributed by atoms with Crippen LogP contribution in [0.25, 0.3) is 0 Å². The van der Waals surface area contributed by atoms with Crippen molar-refractivity contribution in [3.63, 3.8) is 0 Å². The Balaban J connectivity index is 1.57. The fourth-order valence-corrected chi connectivity index (χ4v) is 4.86. The number of rotatable bonds is 3. The van der Waals surface area contributed by atoms with Crippen molar-refractivity contribution >= 4 is 35.1 Å². The molecule has 2 heterocycles. The molecule has 0 spiro atoms. The predicted octanol–water partition coefficient (Wildman–Crippen LogP) is 5.97. The molecule has 9 heteroatoms. The minimum absolute atomic E-state index is 0.0311. The summed E-state index contributed by atoms with van der Waals surface area (Å²) < 4.78 is 20.2. The molecule has 1 fully saturated rings. The summed E-state index contributed by atoms with van der Waals surface area (Å²) in [4.78, 5) is 33.3. The molecule has 34 heavy (non-hydrogen) atoms. The molecule has 3 amide bonds. The third kappa shape index (κ3) is 5.12. The summed E-state index contributed by atoms with van der Waals surface area (Å²) in [6.07, 6.45) is 3.96. The Labute approximate surface area is 204 Å². The van der Waals surface area contributed by atoms with Crippen molar-refractivity contribution in [1.29, 1.82) is 0 Å². The first-order chi connectivity index (χ1) is 16.0. The number of nitrogens with one attached hydrogen (secondary N) is 1. The first-order valence-corrected chi connectivity index (χ1v) is 11.9. The van der Waals surface area contributed by atoms with Crippen LogP contribution in [0.3, 0.4) is 0 Å². The Bertz CT molecular complexity index is 1080. The minimum Gasteiger partial charge on any atom is -0.444 e. The SMILES string of the molecule is Cc1cccc(F)c1N1Cc2cnc(Cl)cc2N([C@H]2CC[C@@H](NC(=O)OC(C)(C)C)CC2)C1=O. The van der Waals surface area contributed by atoms with E-state index in [0.29, 0.717) is 42.1 Å². The van der Waals surface area contributed by atoms with Crippen molar-refractivity contribution in [2.24, 2.45) is 0 Å². The van der Waals surface area contributed by atoms with Crippen LogP contribution >= 0.6 is 11.6 Å². The number of carbonyl (C=O) groups excluding carboxylic acids is 2. The Kier molecular flexibility index (Phi) is 6.71. The van der Waals surface area contributed by atoms with E-state index in [1.807, 2.05) is 20.8 Å². The van der Waals surface area contributed by atoms with Gasteiger partial charge in [0.05, 0.1) is 17.9 Å². The van der Waals surface area contributed by atoms with Crippen molar-refractivity contribution in [3.8, 4) is 0 Å². The van der Waals surface area contributed by atoms with Crippen LogP contribution in [0.5, 0.6) is 0 Å². The molecule has 0 radical (unpaired) electrons. The Morgan fingerprint density at radius 3 is 2.59 bits per heavy atom. The number of fused-ring (bicyclic) bond motifs is 1. The normalized spacial score (nSPS) is 20.7. The molecule has 1 N–H and O–H groups in total. The van der Waals surface area contributed by atoms with Gasteiger partial charge < -0.3 is 10.1 Å². The minimum atomic E-state index is -0.563. The van der Waals surface area contributed by atoms with E-state index in [2.05, 4.69) is 10.3 Å². The van der Waals surface area contributed by atoms with Crippen molar-refractivity contribution in [1.82, 2.24) is 10.3 Å². The van der Waals surface area contributed by atoms with Gasteiger partial charge in [0.15, 0.2) is 0 Å². The Morgan fingerprint density at radius 1 is 1.24 bits per heavy atom. The number of halogens is 2. The van der Waals surface area contributed by atoms with Crippen LogP contribution in [0.1, 0.15) is 57.6 Å². The van der Waals surface area contributed by atoms with Crippen LogP contribution in [0, 0.1) is 12.7 Å². The van der Waals surface area contributed by atoms with Gasteiger partial charge in [-0.2, -0.15) is 0 Å². The van der Waals surface area contributed by atoms with Gasteiger partial charge in [-0.1, -0.05) is 23.7 Å². The van der Waals surface area contributed by atoms with Crippen LogP contribution < -0.4 is 15.1 Å². The van der Waals surface area contributed by atoms with Gasteiger partial charge in [-0.05, 0) is 71.1 Å². The summed E-state index contributed by atoms with van der Waals surface area (Å²) in [5, 5.41) is 3.23. The topological polar surface area (TPSA) is 74.8 Å². The molecule has 0 saturated heterocycles. The first-order valence-electron chi connectivity index (χ1n) is 11.5. The lowest BCUT2D eigenvalue weighted by atomic mass is 9.89. The smallest absolute Gasteiger partial charge is 0.407 e. The second-order valence-electron chi connectivity index (χ2n) is 9.93.